The van der Waals surface area contributed by atoms with Crippen molar-refractivity contribution < 1.29 is 19.5 Å². The van der Waals surface area contributed by atoms with Gasteiger partial charge >= 0.3 is 5.97 Å². The normalized spacial score (nSPS) is 28.4. The molecule has 0 saturated carbocycles. The molecule has 0 saturated heterocycles. The highest BCUT2D eigenvalue weighted by atomic mass is 16.7. The first-order valence-corrected chi connectivity index (χ1v) is 5.81. The molecule has 2 rings (SSSR count). The second kappa shape index (κ2) is 4.69. The third-order valence-corrected chi connectivity index (χ3v) is 3.24. The summed E-state index contributed by atoms with van der Waals surface area (Å²) in [6.45, 7) is 1.92. The molecule has 1 heterocycles. The van der Waals surface area contributed by atoms with Gasteiger partial charge in [-0.3, -0.25) is 4.79 Å². The first kappa shape index (κ1) is 11.8. The molecule has 2 aliphatic rings. The van der Waals surface area contributed by atoms with Gasteiger partial charge in [-0.05, 0) is 18.4 Å². The summed E-state index contributed by atoms with van der Waals surface area (Å²) >= 11 is 0. The minimum Gasteiger partial charge on any atom is -0.478 e. The molecule has 5 heteroatoms. The fourth-order valence-electron chi connectivity index (χ4n) is 2.27. The number of ketones is 1. The van der Waals surface area contributed by atoms with Crippen LogP contribution < -0.4 is 0 Å². The Morgan fingerprint density at radius 1 is 1.59 bits per heavy atom. The molecular formula is C12H15NO4. The largest absolute Gasteiger partial charge is 0.478 e. The summed E-state index contributed by atoms with van der Waals surface area (Å²) in [6, 6.07) is 0. The Balaban J connectivity index is 2.17. The number of carbonyl (C=O) groups is 2. The summed E-state index contributed by atoms with van der Waals surface area (Å²) in [5, 5.41) is 12.9. The van der Waals surface area contributed by atoms with Crippen LogP contribution in [0.5, 0.6) is 0 Å². The number of carbonyl (C=O) groups excluding carboxylic acids is 1. The molecule has 1 N–H and O–H groups in total. The molecular weight excluding hydrogens is 222 g/mol. The second-order valence-corrected chi connectivity index (χ2v) is 4.33. The highest BCUT2D eigenvalue weighted by Crippen LogP contribution is 2.29. The third-order valence-electron chi connectivity index (χ3n) is 3.24. The zero-order valence-corrected chi connectivity index (χ0v) is 9.68. The Labute approximate surface area is 99.1 Å². The van der Waals surface area contributed by atoms with Gasteiger partial charge in [-0.25, -0.2) is 4.79 Å². The number of aliphatic carboxylic acids is 1. The van der Waals surface area contributed by atoms with Crippen molar-refractivity contribution >= 4 is 17.5 Å². The molecule has 0 aromatic carbocycles. The van der Waals surface area contributed by atoms with Crippen LogP contribution in [0, 0.1) is 5.92 Å². The van der Waals surface area contributed by atoms with E-state index in [0.717, 1.165) is 5.57 Å². The van der Waals surface area contributed by atoms with Crippen LogP contribution in [-0.4, -0.2) is 28.7 Å². The van der Waals surface area contributed by atoms with Crippen molar-refractivity contribution in [1.82, 2.24) is 0 Å². The first-order chi connectivity index (χ1) is 8.13. The van der Waals surface area contributed by atoms with Crippen molar-refractivity contribution in [3.63, 3.8) is 0 Å². The quantitative estimate of drug-likeness (QED) is 0.807. The van der Waals surface area contributed by atoms with E-state index in [-0.39, 0.29) is 11.7 Å². The Morgan fingerprint density at radius 2 is 2.35 bits per heavy atom. The topological polar surface area (TPSA) is 76.0 Å². The third kappa shape index (κ3) is 2.23. The number of hydrogen-bond acceptors (Lipinski definition) is 4. The summed E-state index contributed by atoms with van der Waals surface area (Å²) in [5.41, 5.74) is 1.69. The highest BCUT2D eigenvalue weighted by Gasteiger charge is 2.39. The van der Waals surface area contributed by atoms with Gasteiger partial charge in [-0.1, -0.05) is 18.2 Å². The molecule has 0 fully saturated rings. The lowest BCUT2D eigenvalue weighted by Crippen LogP contribution is -2.31. The summed E-state index contributed by atoms with van der Waals surface area (Å²) in [6.07, 6.45) is 3.21. The summed E-state index contributed by atoms with van der Waals surface area (Å²) in [4.78, 5) is 27.1. The SMILES string of the molecule is CCC1C(C2=CCC(=O)CC2)=NOC1C(=O)O. The zero-order valence-electron chi connectivity index (χ0n) is 9.68. The van der Waals surface area contributed by atoms with Gasteiger partial charge in [-0.15, -0.1) is 0 Å². The monoisotopic (exact) mass is 237 g/mol. The van der Waals surface area contributed by atoms with Crippen LogP contribution in [0.1, 0.15) is 32.6 Å². The van der Waals surface area contributed by atoms with Crippen molar-refractivity contribution in [3.05, 3.63) is 11.6 Å². The van der Waals surface area contributed by atoms with Crippen molar-refractivity contribution in [2.75, 3.05) is 0 Å². The first-order valence-electron chi connectivity index (χ1n) is 5.81. The summed E-state index contributed by atoms with van der Waals surface area (Å²) in [7, 11) is 0. The number of carboxylic acid groups (broad SMARTS) is 1. The maximum atomic E-state index is 11.1. The van der Waals surface area contributed by atoms with Gasteiger partial charge in [0.15, 0.2) is 0 Å². The van der Waals surface area contributed by atoms with Crippen molar-refractivity contribution in [2.45, 2.75) is 38.7 Å². The number of nitrogens with zero attached hydrogens (tertiary/aromatic N) is 1. The molecule has 0 aromatic heterocycles. The van der Waals surface area contributed by atoms with Crippen molar-refractivity contribution in [3.8, 4) is 0 Å². The molecule has 2 unspecified atom stereocenters. The number of rotatable bonds is 3. The van der Waals surface area contributed by atoms with Gasteiger partial charge in [0.1, 0.15) is 5.78 Å². The van der Waals surface area contributed by atoms with E-state index in [1.165, 1.54) is 0 Å². The van der Waals surface area contributed by atoms with Crippen LogP contribution in [0.15, 0.2) is 16.8 Å². The van der Waals surface area contributed by atoms with Gasteiger partial charge in [0.05, 0.1) is 11.6 Å². The molecule has 1 aliphatic heterocycles. The fraction of sp³-hybridized carbons (Fsp3) is 0.583. The smallest absolute Gasteiger partial charge is 0.348 e. The highest BCUT2D eigenvalue weighted by molar-refractivity contribution is 6.06. The molecule has 5 nitrogen and oxygen atoms in total. The van der Waals surface area contributed by atoms with Crippen LogP contribution in [0.25, 0.3) is 0 Å². The molecule has 2 atom stereocenters. The summed E-state index contributed by atoms with van der Waals surface area (Å²) < 4.78 is 0. The number of Topliss-reactive ketones (excluding diaryl/α,β-unsaturated/α-hetero) is 1. The van der Waals surface area contributed by atoms with E-state index in [0.29, 0.717) is 31.4 Å². The molecule has 17 heavy (non-hydrogen) atoms. The Morgan fingerprint density at radius 3 is 2.88 bits per heavy atom. The number of oxime groups is 1. The number of allylic oxidation sites excluding steroid dienone is 2. The van der Waals surface area contributed by atoms with Crippen LogP contribution in [0.2, 0.25) is 0 Å². The van der Waals surface area contributed by atoms with E-state index >= 15 is 0 Å². The maximum absolute atomic E-state index is 11.1. The van der Waals surface area contributed by atoms with Gasteiger partial charge in [-0.2, -0.15) is 0 Å². The van der Waals surface area contributed by atoms with E-state index in [1.54, 1.807) is 0 Å². The lowest BCUT2D eigenvalue weighted by atomic mass is 9.85. The van der Waals surface area contributed by atoms with E-state index in [2.05, 4.69) is 5.16 Å². The average Bonchev–Trinajstić information content (AvgIpc) is 2.73. The predicted octanol–water partition coefficient (Wildman–Crippen LogP) is 1.53. The van der Waals surface area contributed by atoms with Crippen LogP contribution in [0.4, 0.5) is 0 Å². The van der Waals surface area contributed by atoms with Crippen molar-refractivity contribution in [2.24, 2.45) is 11.1 Å². The van der Waals surface area contributed by atoms with Crippen LogP contribution in [0.3, 0.4) is 0 Å². The van der Waals surface area contributed by atoms with E-state index in [1.807, 2.05) is 13.0 Å². The van der Waals surface area contributed by atoms with Crippen molar-refractivity contribution in [1.29, 1.82) is 0 Å². The number of carboxylic acids is 1. The summed E-state index contributed by atoms with van der Waals surface area (Å²) in [5.74, 6) is -0.967. The zero-order chi connectivity index (χ0) is 12.4. The van der Waals surface area contributed by atoms with E-state index in [4.69, 9.17) is 9.94 Å². The second-order valence-electron chi connectivity index (χ2n) is 4.33. The van der Waals surface area contributed by atoms with Gasteiger partial charge in [0.2, 0.25) is 6.10 Å². The van der Waals surface area contributed by atoms with Gasteiger partial charge < -0.3 is 9.94 Å². The predicted molar refractivity (Wildman–Crippen MR) is 60.7 cm³/mol. The van der Waals surface area contributed by atoms with Crippen LogP contribution >= 0.6 is 0 Å². The Hall–Kier alpha value is -1.65. The molecule has 92 valence electrons. The lowest BCUT2D eigenvalue weighted by molar-refractivity contribution is -0.150. The lowest BCUT2D eigenvalue weighted by Gasteiger charge is -2.17. The molecule has 0 spiro atoms. The average molecular weight is 237 g/mol. The molecule has 0 radical (unpaired) electrons. The van der Waals surface area contributed by atoms with Gasteiger partial charge in [0, 0.05) is 12.8 Å². The molecule has 0 bridgehead atoms. The minimum atomic E-state index is -0.983. The standard InChI is InChI=1S/C12H15NO4/c1-2-9-10(13-17-11(9)12(15)16)7-3-5-8(14)6-4-7/h3,9,11H,2,4-6H2,1H3,(H,15,16). The van der Waals surface area contributed by atoms with Crippen LogP contribution in [-0.2, 0) is 14.4 Å². The number of hydrogen-bond donors (Lipinski definition) is 1. The Kier molecular flexibility index (Phi) is 3.26. The Bertz CT molecular complexity index is 411. The molecule has 0 aromatic rings. The molecule has 1 aliphatic carbocycles. The van der Waals surface area contributed by atoms with Gasteiger partial charge in [0.25, 0.3) is 0 Å². The maximum Gasteiger partial charge on any atom is 0.348 e. The fourth-order valence-corrected chi connectivity index (χ4v) is 2.27. The molecule has 0 amide bonds. The van der Waals surface area contributed by atoms with E-state index < -0.39 is 12.1 Å². The van der Waals surface area contributed by atoms with E-state index in [9.17, 15) is 9.59 Å². The minimum absolute atomic E-state index is 0.202.